The summed E-state index contributed by atoms with van der Waals surface area (Å²) in [5.41, 5.74) is 7.98. The molecular weight excluding hydrogens is 282 g/mol. The lowest BCUT2D eigenvalue weighted by molar-refractivity contribution is -0.136. The van der Waals surface area contributed by atoms with Crippen molar-refractivity contribution in [2.24, 2.45) is 5.73 Å². The van der Waals surface area contributed by atoms with Crippen LogP contribution < -0.4 is 11.1 Å². The third kappa shape index (κ3) is 2.87. The van der Waals surface area contributed by atoms with E-state index in [9.17, 15) is 14.4 Å². The summed E-state index contributed by atoms with van der Waals surface area (Å²) in [7, 11) is 0. The molecule has 2 aliphatic rings. The van der Waals surface area contributed by atoms with Crippen LogP contribution >= 0.6 is 0 Å². The molecule has 1 unspecified atom stereocenters. The van der Waals surface area contributed by atoms with E-state index in [0.29, 0.717) is 25.1 Å². The van der Waals surface area contributed by atoms with E-state index in [1.54, 1.807) is 6.07 Å². The van der Waals surface area contributed by atoms with E-state index in [0.717, 1.165) is 11.1 Å². The normalized spacial score (nSPS) is 20.2. The number of carbonyl (C=O) groups is 3. The number of rotatable bonds is 2. The molecule has 1 atom stereocenters. The zero-order chi connectivity index (χ0) is 16.3. The molecule has 0 saturated carbocycles. The molecule has 2 aliphatic heterocycles. The fraction of sp³-hybridized carbons (Fsp3) is 0.438. The molecular formula is C16H21N3O3. The van der Waals surface area contributed by atoms with Crippen molar-refractivity contribution in [3.05, 3.63) is 34.9 Å². The average molecular weight is 303 g/mol. The quantitative estimate of drug-likeness (QED) is 0.795. The first-order valence-corrected chi connectivity index (χ1v) is 7.56. The highest BCUT2D eigenvalue weighted by atomic mass is 16.2. The van der Waals surface area contributed by atoms with Gasteiger partial charge in [-0.2, -0.15) is 0 Å². The number of hydrogen-bond acceptors (Lipinski definition) is 4. The van der Waals surface area contributed by atoms with Gasteiger partial charge in [0.1, 0.15) is 6.04 Å². The molecule has 1 saturated heterocycles. The van der Waals surface area contributed by atoms with Gasteiger partial charge in [-0.15, -0.1) is 0 Å². The molecule has 1 aromatic carbocycles. The maximum absolute atomic E-state index is 12.4. The van der Waals surface area contributed by atoms with E-state index >= 15 is 0 Å². The largest absolute Gasteiger partial charge is 0.326 e. The molecule has 2 heterocycles. The van der Waals surface area contributed by atoms with Crippen LogP contribution in [-0.4, -0.2) is 28.7 Å². The fourth-order valence-electron chi connectivity index (χ4n) is 2.73. The van der Waals surface area contributed by atoms with E-state index in [2.05, 4.69) is 5.32 Å². The van der Waals surface area contributed by atoms with Crippen LogP contribution in [0.25, 0.3) is 0 Å². The maximum Gasteiger partial charge on any atom is 0.255 e. The molecule has 0 bridgehead atoms. The maximum atomic E-state index is 12.4. The number of carbonyl (C=O) groups excluding carboxylic acids is 3. The van der Waals surface area contributed by atoms with Crippen LogP contribution in [0.5, 0.6) is 0 Å². The standard InChI is InChI=1S/C14H15N3O3.C2H6/c15-6-8-1-2-9-7-17(14(20)10(9)5-8)11-3-4-12(18)16-13(11)19;1-2/h1-2,5,11H,3-4,6-7,15H2,(H,16,18,19);1-2H3. The van der Waals surface area contributed by atoms with Gasteiger partial charge in [0.25, 0.3) is 5.91 Å². The molecule has 22 heavy (non-hydrogen) atoms. The minimum atomic E-state index is -0.561. The number of amides is 3. The Bertz CT molecular complexity index is 613. The fourth-order valence-corrected chi connectivity index (χ4v) is 2.73. The summed E-state index contributed by atoms with van der Waals surface area (Å²) < 4.78 is 0. The van der Waals surface area contributed by atoms with Gasteiger partial charge >= 0.3 is 0 Å². The Morgan fingerprint density at radius 1 is 1.27 bits per heavy atom. The van der Waals surface area contributed by atoms with Crippen molar-refractivity contribution in [3.63, 3.8) is 0 Å². The predicted octanol–water partition coefficient (Wildman–Crippen LogP) is 0.932. The smallest absolute Gasteiger partial charge is 0.255 e. The Labute approximate surface area is 129 Å². The number of nitrogens with one attached hydrogen (secondary N) is 1. The van der Waals surface area contributed by atoms with Gasteiger partial charge in [-0.25, -0.2) is 0 Å². The summed E-state index contributed by atoms with van der Waals surface area (Å²) in [6, 6.07) is 4.99. The highest BCUT2D eigenvalue weighted by molar-refractivity contribution is 6.05. The second-order valence-electron chi connectivity index (χ2n) is 5.10. The molecule has 3 amide bonds. The van der Waals surface area contributed by atoms with E-state index in [1.807, 2.05) is 26.0 Å². The van der Waals surface area contributed by atoms with Crippen LogP contribution in [0.15, 0.2) is 18.2 Å². The Hall–Kier alpha value is -2.21. The molecule has 3 rings (SSSR count). The van der Waals surface area contributed by atoms with Gasteiger partial charge < -0.3 is 10.6 Å². The minimum Gasteiger partial charge on any atom is -0.326 e. The monoisotopic (exact) mass is 303 g/mol. The summed E-state index contributed by atoms with van der Waals surface area (Å²) in [6.07, 6.45) is 0.652. The summed E-state index contributed by atoms with van der Waals surface area (Å²) in [6.45, 7) is 4.78. The van der Waals surface area contributed by atoms with E-state index < -0.39 is 6.04 Å². The van der Waals surface area contributed by atoms with Crippen LogP contribution in [0.4, 0.5) is 0 Å². The first-order valence-electron chi connectivity index (χ1n) is 7.56. The number of hydrogen-bond donors (Lipinski definition) is 2. The summed E-state index contributed by atoms with van der Waals surface area (Å²) in [5.74, 6) is -0.827. The second kappa shape index (κ2) is 6.70. The van der Waals surface area contributed by atoms with Gasteiger partial charge in [0, 0.05) is 25.1 Å². The van der Waals surface area contributed by atoms with Crippen molar-refractivity contribution >= 4 is 17.7 Å². The van der Waals surface area contributed by atoms with Gasteiger partial charge in [0.2, 0.25) is 11.8 Å². The molecule has 118 valence electrons. The highest BCUT2D eigenvalue weighted by Crippen LogP contribution is 2.28. The van der Waals surface area contributed by atoms with E-state index in [1.165, 1.54) is 4.90 Å². The van der Waals surface area contributed by atoms with Crippen LogP contribution in [-0.2, 0) is 22.7 Å². The van der Waals surface area contributed by atoms with Gasteiger partial charge in [-0.1, -0.05) is 26.0 Å². The predicted molar refractivity (Wildman–Crippen MR) is 81.7 cm³/mol. The lowest BCUT2D eigenvalue weighted by Gasteiger charge is -2.29. The van der Waals surface area contributed by atoms with Crippen LogP contribution in [0.1, 0.15) is 48.2 Å². The lowest BCUT2D eigenvalue weighted by atomic mass is 10.0. The molecule has 1 aromatic rings. The van der Waals surface area contributed by atoms with Crippen molar-refractivity contribution in [1.29, 1.82) is 0 Å². The zero-order valence-electron chi connectivity index (χ0n) is 12.9. The Kier molecular flexibility index (Phi) is 4.92. The van der Waals surface area contributed by atoms with E-state index in [4.69, 9.17) is 5.73 Å². The topological polar surface area (TPSA) is 92.5 Å². The van der Waals surface area contributed by atoms with Gasteiger partial charge in [-0.05, 0) is 23.6 Å². The SMILES string of the molecule is CC.NCc1ccc2c(c1)C(=O)N(C1CCC(=O)NC1=O)C2. The van der Waals surface area contributed by atoms with Crippen molar-refractivity contribution in [2.45, 2.75) is 45.8 Å². The Morgan fingerprint density at radius 2 is 2.00 bits per heavy atom. The van der Waals surface area contributed by atoms with Crippen LogP contribution in [0, 0.1) is 0 Å². The van der Waals surface area contributed by atoms with Crippen LogP contribution in [0.3, 0.4) is 0 Å². The summed E-state index contributed by atoms with van der Waals surface area (Å²) in [4.78, 5) is 37.0. The molecule has 1 fully saturated rings. The van der Waals surface area contributed by atoms with Crippen molar-refractivity contribution < 1.29 is 14.4 Å². The number of nitrogens with two attached hydrogens (primary N) is 1. The number of benzene rings is 1. The highest BCUT2D eigenvalue weighted by Gasteiger charge is 2.38. The second-order valence-corrected chi connectivity index (χ2v) is 5.10. The van der Waals surface area contributed by atoms with Crippen LogP contribution in [0.2, 0.25) is 0 Å². The molecule has 0 radical (unpaired) electrons. The first kappa shape index (κ1) is 16.2. The third-order valence-electron chi connectivity index (χ3n) is 3.83. The van der Waals surface area contributed by atoms with Crippen molar-refractivity contribution in [3.8, 4) is 0 Å². The summed E-state index contributed by atoms with van der Waals surface area (Å²) >= 11 is 0. The third-order valence-corrected chi connectivity index (χ3v) is 3.83. The molecule has 0 aliphatic carbocycles. The Morgan fingerprint density at radius 3 is 2.64 bits per heavy atom. The Balaban J connectivity index is 0.000000847. The molecule has 6 nitrogen and oxygen atoms in total. The zero-order valence-corrected chi connectivity index (χ0v) is 12.9. The molecule has 0 spiro atoms. The summed E-state index contributed by atoms with van der Waals surface area (Å²) in [5, 5.41) is 2.28. The lowest BCUT2D eigenvalue weighted by Crippen LogP contribution is -2.52. The van der Waals surface area contributed by atoms with Gasteiger partial charge in [0.05, 0.1) is 0 Å². The molecule has 3 N–H and O–H groups in total. The minimum absolute atomic E-state index is 0.162. The van der Waals surface area contributed by atoms with Crippen molar-refractivity contribution in [2.75, 3.05) is 0 Å². The van der Waals surface area contributed by atoms with Gasteiger partial charge in [-0.3, -0.25) is 19.7 Å². The molecule has 0 aromatic heterocycles. The number of piperidine rings is 1. The van der Waals surface area contributed by atoms with E-state index in [-0.39, 0.29) is 24.1 Å². The van der Waals surface area contributed by atoms with Crippen molar-refractivity contribution in [1.82, 2.24) is 10.2 Å². The first-order chi connectivity index (χ1) is 10.6. The average Bonchev–Trinajstić information content (AvgIpc) is 2.86. The van der Waals surface area contributed by atoms with Gasteiger partial charge in [0.15, 0.2) is 0 Å². The number of fused-ring (bicyclic) bond motifs is 1. The number of imide groups is 1. The molecule has 6 heteroatoms. The number of nitrogens with zero attached hydrogens (tertiary/aromatic N) is 1.